The van der Waals surface area contributed by atoms with Gasteiger partial charge < -0.3 is 19.3 Å². The number of amides is 3. The highest BCUT2D eigenvalue weighted by Crippen LogP contribution is 2.36. The lowest BCUT2D eigenvalue weighted by molar-refractivity contribution is -0.133. The molecule has 0 atom stereocenters. The predicted octanol–water partition coefficient (Wildman–Crippen LogP) is 2.00. The number of benzene rings is 2. The zero-order valence-electron chi connectivity index (χ0n) is 17.4. The van der Waals surface area contributed by atoms with Crippen LogP contribution in [0.4, 0.5) is 10.5 Å². The van der Waals surface area contributed by atoms with E-state index in [0.29, 0.717) is 37.7 Å². The molecule has 2 aromatic rings. The lowest BCUT2D eigenvalue weighted by Crippen LogP contribution is -2.51. The van der Waals surface area contributed by atoms with Gasteiger partial charge in [-0.2, -0.15) is 0 Å². The Morgan fingerprint density at radius 3 is 2.45 bits per heavy atom. The van der Waals surface area contributed by atoms with Crippen LogP contribution in [0.2, 0.25) is 0 Å². The molecule has 8 heteroatoms. The summed E-state index contributed by atoms with van der Waals surface area (Å²) in [6.45, 7) is 5.39. The molecular formula is C23H26N4O4. The second kappa shape index (κ2) is 8.47. The monoisotopic (exact) mass is 422 g/mol. The third kappa shape index (κ3) is 4.16. The van der Waals surface area contributed by atoms with Crippen molar-refractivity contribution in [3.63, 3.8) is 0 Å². The van der Waals surface area contributed by atoms with E-state index in [1.807, 2.05) is 29.2 Å². The first kappa shape index (κ1) is 19.7. The molecule has 5 rings (SSSR count). The fourth-order valence-corrected chi connectivity index (χ4v) is 4.28. The summed E-state index contributed by atoms with van der Waals surface area (Å²) in [7, 11) is 0. The Morgan fingerprint density at radius 1 is 0.871 bits per heavy atom. The molecule has 3 heterocycles. The van der Waals surface area contributed by atoms with Crippen molar-refractivity contribution in [1.29, 1.82) is 0 Å². The van der Waals surface area contributed by atoms with Crippen molar-refractivity contribution in [2.24, 2.45) is 0 Å². The lowest BCUT2D eigenvalue weighted by atomic mass is 10.2. The summed E-state index contributed by atoms with van der Waals surface area (Å²) in [6, 6.07) is 15.7. The molecule has 31 heavy (non-hydrogen) atoms. The Hall–Kier alpha value is -3.26. The first-order valence-electron chi connectivity index (χ1n) is 10.7. The quantitative estimate of drug-likeness (QED) is 0.738. The molecule has 0 aliphatic carbocycles. The zero-order chi connectivity index (χ0) is 21.2. The second-order valence-corrected chi connectivity index (χ2v) is 8.04. The van der Waals surface area contributed by atoms with E-state index in [0.717, 1.165) is 25.3 Å². The van der Waals surface area contributed by atoms with Crippen LogP contribution in [0.3, 0.4) is 0 Å². The summed E-state index contributed by atoms with van der Waals surface area (Å²) < 4.78 is 10.7. The van der Waals surface area contributed by atoms with Crippen molar-refractivity contribution in [3.05, 3.63) is 54.1 Å². The van der Waals surface area contributed by atoms with Crippen molar-refractivity contribution in [3.8, 4) is 11.5 Å². The van der Waals surface area contributed by atoms with Gasteiger partial charge in [-0.25, -0.2) is 4.79 Å². The third-order valence-corrected chi connectivity index (χ3v) is 6.06. The van der Waals surface area contributed by atoms with E-state index in [9.17, 15) is 9.59 Å². The number of carbonyl (C=O) groups is 2. The van der Waals surface area contributed by atoms with Gasteiger partial charge in [-0.1, -0.05) is 30.3 Å². The van der Waals surface area contributed by atoms with Crippen LogP contribution < -0.4 is 14.4 Å². The molecule has 0 radical (unpaired) electrons. The molecule has 162 valence electrons. The summed E-state index contributed by atoms with van der Waals surface area (Å²) in [5.74, 6) is 1.35. The van der Waals surface area contributed by atoms with Gasteiger partial charge in [0.2, 0.25) is 12.7 Å². The second-order valence-electron chi connectivity index (χ2n) is 8.04. The molecule has 0 N–H and O–H groups in total. The van der Waals surface area contributed by atoms with Crippen molar-refractivity contribution in [2.45, 2.75) is 6.54 Å². The SMILES string of the molecule is O=C(CN1CCN(c2ccc3c(c2)OCO3)C1=O)N1CCN(Cc2ccccc2)CC1. The molecule has 0 bridgehead atoms. The molecule has 3 amide bonds. The van der Waals surface area contributed by atoms with Gasteiger partial charge in [-0.15, -0.1) is 0 Å². The first-order valence-corrected chi connectivity index (χ1v) is 10.7. The molecule has 2 fully saturated rings. The molecule has 0 aromatic heterocycles. The van der Waals surface area contributed by atoms with E-state index in [4.69, 9.17) is 9.47 Å². The third-order valence-electron chi connectivity index (χ3n) is 6.06. The molecule has 2 aromatic carbocycles. The zero-order valence-corrected chi connectivity index (χ0v) is 17.4. The summed E-state index contributed by atoms with van der Waals surface area (Å²) in [4.78, 5) is 33.3. The van der Waals surface area contributed by atoms with E-state index in [1.165, 1.54) is 5.56 Å². The van der Waals surface area contributed by atoms with Crippen LogP contribution in [0.5, 0.6) is 11.5 Å². The highest BCUT2D eigenvalue weighted by Gasteiger charge is 2.33. The van der Waals surface area contributed by atoms with Crippen LogP contribution in [0.25, 0.3) is 0 Å². The van der Waals surface area contributed by atoms with Gasteiger partial charge in [-0.3, -0.25) is 14.6 Å². The molecule has 0 unspecified atom stereocenters. The number of nitrogens with zero attached hydrogens (tertiary/aromatic N) is 4. The largest absolute Gasteiger partial charge is 0.454 e. The number of carbonyl (C=O) groups excluding carboxylic acids is 2. The maximum atomic E-state index is 12.9. The van der Waals surface area contributed by atoms with Gasteiger partial charge in [0.1, 0.15) is 6.54 Å². The number of hydrogen-bond acceptors (Lipinski definition) is 5. The normalized spacial score (nSPS) is 18.7. The molecular weight excluding hydrogens is 396 g/mol. The Labute approximate surface area is 181 Å². The molecule has 0 spiro atoms. The van der Waals surface area contributed by atoms with Crippen LogP contribution >= 0.6 is 0 Å². The molecule has 3 aliphatic rings. The highest BCUT2D eigenvalue weighted by atomic mass is 16.7. The predicted molar refractivity (Wildman–Crippen MR) is 115 cm³/mol. The number of urea groups is 1. The summed E-state index contributed by atoms with van der Waals surface area (Å²) in [5, 5.41) is 0. The van der Waals surface area contributed by atoms with Gasteiger partial charge in [-0.05, 0) is 17.7 Å². The summed E-state index contributed by atoms with van der Waals surface area (Å²) >= 11 is 0. The van der Waals surface area contributed by atoms with Gasteiger partial charge in [0.25, 0.3) is 0 Å². The lowest BCUT2D eigenvalue weighted by Gasteiger charge is -2.35. The van der Waals surface area contributed by atoms with E-state index in [2.05, 4.69) is 29.2 Å². The Bertz CT molecular complexity index is 959. The molecule has 3 aliphatic heterocycles. The fraction of sp³-hybridized carbons (Fsp3) is 0.391. The van der Waals surface area contributed by atoms with Gasteiger partial charge >= 0.3 is 6.03 Å². The van der Waals surface area contributed by atoms with Crippen LogP contribution in [0.15, 0.2) is 48.5 Å². The number of anilines is 1. The number of hydrogen-bond donors (Lipinski definition) is 0. The minimum atomic E-state index is -0.144. The highest BCUT2D eigenvalue weighted by molar-refractivity contribution is 5.96. The molecule has 2 saturated heterocycles. The van der Waals surface area contributed by atoms with E-state index in [1.54, 1.807) is 9.80 Å². The fourth-order valence-electron chi connectivity index (χ4n) is 4.28. The topological polar surface area (TPSA) is 65.6 Å². The first-order chi connectivity index (χ1) is 15.2. The van der Waals surface area contributed by atoms with E-state index < -0.39 is 0 Å². The van der Waals surface area contributed by atoms with Gasteiger partial charge in [0, 0.05) is 57.6 Å². The number of piperazine rings is 1. The standard InChI is InChI=1S/C23H26N4O4/c28-22(25-10-8-24(9-11-25)15-18-4-2-1-3-5-18)16-26-12-13-27(23(26)29)19-6-7-20-21(14-19)31-17-30-20/h1-7,14H,8-13,15-17H2. The van der Waals surface area contributed by atoms with Gasteiger partial charge in [0.05, 0.1) is 0 Å². The van der Waals surface area contributed by atoms with E-state index >= 15 is 0 Å². The summed E-state index contributed by atoms with van der Waals surface area (Å²) in [6.07, 6.45) is 0. The van der Waals surface area contributed by atoms with Crippen molar-refractivity contribution >= 4 is 17.6 Å². The Morgan fingerprint density at radius 2 is 1.65 bits per heavy atom. The molecule has 8 nitrogen and oxygen atoms in total. The van der Waals surface area contributed by atoms with E-state index in [-0.39, 0.29) is 25.3 Å². The molecule has 0 saturated carbocycles. The smallest absolute Gasteiger partial charge is 0.325 e. The maximum absolute atomic E-state index is 12.9. The van der Waals surface area contributed by atoms with Crippen LogP contribution in [-0.4, -0.2) is 79.2 Å². The van der Waals surface area contributed by atoms with Gasteiger partial charge in [0.15, 0.2) is 11.5 Å². The van der Waals surface area contributed by atoms with Crippen molar-refractivity contribution in [2.75, 3.05) is 57.5 Å². The van der Waals surface area contributed by atoms with Crippen molar-refractivity contribution in [1.82, 2.24) is 14.7 Å². The number of ether oxygens (including phenoxy) is 2. The Balaban J connectivity index is 1.13. The van der Waals surface area contributed by atoms with Crippen LogP contribution in [-0.2, 0) is 11.3 Å². The average Bonchev–Trinajstić information content (AvgIpc) is 3.41. The van der Waals surface area contributed by atoms with Crippen molar-refractivity contribution < 1.29 is 19.1 Å². The minimum absolute atomic E-state index is 0.0141. The van der Waals surface area contributed by atoms with Crippen LogP contribution in [0, 0.1) is 0 Å². The number of rotatable bonds is 5. The average molecular weight is 422 g/mol. The summed E-state index contributed by atoms with van der Waals surface area (Å²) in [5.41, 5.74) is 2.05. The van der Waals surface area contributed by atoms with Crippen LogP contribution in [0.1, 0.15) is 5.56 Å². The maximum Gasteiger partial charge on any atom is 0.325 e. The minimum Gasteiger partial charge on any atom is -0.454 e. The Kier molecular flexibility index (Phi) is 5.38. The number of fused-ring (bicyclic) bond motifs is 1.